The van der Waals surface area contributed by atoms with Gasteiger partial charge in [-0.1, -0.05) is 19.1 Å². The number of aliphatic hydroxyl groups is 1. The summed E-state index contributed by atoms with van der Waals surface area (Å²) in [6.45, 7) is 2.67. The Balaban J connectivity index is 2.44. The van der Waals surface area contributed by atoms with E-state index in [1.54, 1.807) is 0 Å². The summed E-state index contributed by atoms with van der Waals surface area (Å²) in [5.41, 5.74) is 5.04. The molecule has 1 aliphatic heterocycles. The second kappa shape index (κ2) is 5.81. The van der Waals surface area contributed by atoms with Gasteiger partial charge < -0.3 is 15.7 Å². The van der Waals surface area contributed by atoms with Crippen LogP contribution >= 0.6 is 12.2 Å². The third-order valence-corrected chi connectivity index (χ3v) is 4.20. The van der Waals surface area contributed by atoms with Crippen LogP contribution in [-0.2, 0) is 6.18 Å². The summed E-state index contributed by atoms with van der Waals surface area (Å²) in [4.78, 5) is 1.63. The number of thiocarbonyl (C=S) groups is 1. The summed E-state index contributed by atoms with van der Waals surface area (Å²) >= 11 is 4.74. The van der Waals surface area contributed by atoms with Crippen molar-refractivity contribution in [2.24, 2.45) is 11.7 Å². The Bertz CT molecular complexity index is 548. The minimum Gasteiger partial charge on any atom is -0.394 e. The molecule has 0 radical (unpaired) electrons. The second-order valence-corrected chi connectivity index (χ2v) is 5.74. The average Bonchev–Trinajstić information content (AvgIpc) is 2.78. The highest BCUT2D eigenvalue weighted by atomic mass is 32.1. The third-order valence-electron chi connectivity index (χ3n) is 3.98. The van der Waals surface area contributed by atoms with E-state index in [9.17, 15) is 18.3 Å². The molecule has 0 saturated carbocycles. The van der Waals surface area contributed by atoms with E-state index in [4.69, 9.17) is 18.0 Å². The van der Waals surface area contributed by atoms with Crippen LogP contribution in [0.15, 0.2) is 18.2 Å². The van der Waals surface area contributed by atoms with Gasteiger partial charge in [0.05, 0.1) is 18.2 Å². The Morgan fingerprint density at radius 3 is 2.67 bits per heavy atom. The molecule has 0 amide bonds. The first-order valence-corrected chi connectivity index (χ1v) is 7.05. The zero-order valence-corrected chi connectivity index (χ0v) is 12.3. The normalized spacial score (nSPS) is 22.6. The molecule has 0 bridgehead atoms. The predicted molar refractivity (Wildman–Crippen MR) is 79.3 cm³/mol. The molecule has 0 aliphatic carbocycles. The second-order valence-electron chi connectivity index (χ2n) is 5.30. The van der Waals surface area contributed by atoms with Crippen LogP contribution in [0.4, 0.5) is 18.9 Å². The van der Waals surface area contributed by atoms with Crippen molar-refractivity contribution in [1.82, 2.24) is 0 Å². The number of hydrogen-bond acceptors (Lipinski definition) is 3. The molecule has 0 spiro atoms. The summed E-state index contributed by atoms with van der Waals surface area (Å²) in [7, 11) is 0. The molecular formula is C14H17F3N2OS. The van der Waals surface area contributed by atoms with Gasteiger partial charge >= 0.3 is 6.18 Å². The number of nitrogens with zero attached hydrogens (tertiary/aromatic N) is 1. The van der Waals surface area contributed by atoms with Crippen LogP contribution in [0, 0.1) is 5.92 Å². The van der Waals surface area contributed by atoms with E-state index in [0.29, 0.717) is 12.2 Å². The molecule has 1 saturated heterocycles. The van der Waals surface area contributed by atoms with Crippen LogP contribution in [0.25, 0.3) is 0 Å². The Kier molecular flexibility index (Phi) is 4.43. The fourth-order valence-corrected chi connectivity index (χ4v) is 2.94. The van der Waals surface area contributed by atoms with Gasteiger partial charge in [-0.05, 0) is 30.5 Å². The molecular weight excluding hydrogens is 301 g/mol. The van der Waals surface area contributed by atoms with Crippen molar-refractivity contribution >= 4 is 22.9 Å². The monoisotopic (exact) mass is 318 g/mol. The van der Waals surface area contributed by atoms with Gasteiger partial charge in [-0.3, -0.25) is 0 Å². The maximum Gasteiger partial charge on any atom is 0.417 e. The number of halogens is 3. The van der Waals surface area contributed by atoms with Crippen LogP contribution in [0.5, 0.6) is 0 Å². The van der Waals surface area contributed by atoms with Crippen molar-refractivity contribution in [3.05, 3.63) is 29.3 Å². The number of alkyl halides is 3. The molecule has 21 heavy (non-hydrogen) atoms. The lowest BCUT2D eigenvalue weighted by molar-refractivity contribution is -0.137. The molecule has 2 unspecified atom stereocenters. The SMILES string of the molecule is CC1CCN(c2ccc(C(F)(F)F)c(C(N)=S)c2)C1CO. The molecule has 2 atom stereocenters. The number of hydrogen-bond donors (Lipinski definition) is 2. The molecule has 2 rings (SSSR count). The molecule has 3 nitrogen and oxygen atoms in total. The van der Waals surface area contributed by atoms with E-state index in [2.05, 4.69) is 0 Å². The van der Waals surface area contributed by atoms with Crippen molar-refractivity contribution in [3.63, 3.8) is 0 Å². The zero-order chi connectivity index (χ0) is 15.8. The lowest BCUT2D eigenvalue weighted by Gasteiger charge is -2.28. The van der Waals surface area contributed by atoms with Gasteiger partial charge in [-0.25, -0.2) is 0 Å². The van der Waals surface area contributed by atoms with Gasteiger partial charge in [0.25, 0.3) is 0 Å². The van der Waals surface area contributed by atoms with Crippen LogP contribution in [0.3, 0.4) is 0 Å². The first-order valence-electron chi connectivity index (χ1n) is 6.64. The minimum atomic E-state index is -4.49. The maximum absolute atomic E-state index is 13.0. The van der Waals surface area contributed by atoms with Crippen molar-refractivity contribution in [2.45, 2.75) is 25.6 Å². The number of benzene rings is 1. The number of anilines is 1. The molecule has 1 aromatic carbocycles. The Morgan fingerprint density at radius 2 is 2.14 bits per heavy atom. The smallest absolute Gasteiger partial charge is 0.394 e. The lowest BCUT2D eigenvalue weighted by Crippen LogP contribution is -2.35. The van der Waals surface area contributed by atoms with Gasteiger partial charge in [0.2, 0.25) is 0 Å². The molecule has 116 valence electrons. The first-order chi connectivity index (χ1) is 9.75. The molecule has 1 aromatic rings. The minimum absolute atomic E-state index is 0.0371. The highest BCUT2D eigenvalue weighted by Gasteiger charge is 2.36. The first kappa shape index (κ1) is 16.0. The van der Waals surface area contributed by atoms with Gasteiger partial charge in [0.15, 0.2) is 0 Å². The predicted octanol–water partition coefficient (Wildman–Crippen LogP) is 2.55. The molecule has 1 fully saturated rings. The van der Waals surface area contributed by atoms with E-state index in [1.165, 1.54) is 12.1 Å². The number of nitrogens with two attached hydrogens (primary N) is 1. The van der Waals surface area contributed by atoms with Gasteiger partial charge in [0.1, 0.15) is 4.99 Å². The highest BCUT2D eigenvalue weighted by molar-refractivity contribution is 7.80. The fourth-order valence-electron chi connectivity index (χ4n) is 2.77. The van der Waals surface area contributed by atoms with Gasteiger partial charge in [0, 0.05) is 17.8 Å². The standard InChI is InChI=1S/C14H17F3N2OS/c1-8-4-5-19(12(8)7-20)9-2-3-11(14(15,16)17)10(6-9)13(18)21/h2-3,6,8,12,20H,4-5,7H2,1H3,(H2,18,21). The largest absolute Gasteiger partial charge is 0.417 e. The Labute approximate surface area is 126 Å². The molecule has 1 aliphatic rings. The maximum atomic E-state index is 13.0. The Morgan fingerprint density at radius 1 is 1.48 bits per heavy atom. The number of rotatable bonds is 3. The highest BCUT2D eigenvalue weighted by Crippen LogP contribution is 2.36. The van der Waals surface area contributed by atoms with Gasteiger partial charge in [-0.15, -0.1) is 0 Å². The van der Waals surface area contributed by atoms with Gasteiger partial charge in [-0.2, -0.15) is 13.2 Å². The quantitative estimate of drug-likeness (QED) is 0.841. The molecule has 7 heteroatoms. The van der Waals surface area contributed by atoms with Crippen molar-refractivity contribution in [3.8, 4) is 0 Å². The van der Waals surface area contributed by atoms with E-state index in [-0.39, 0.29) is 29.1 Å². The summed E-state index contributed by atoms with van der Waals surface area (Å²) in [6, 6.07) is 3.68. The fraction of sp³-hybridized carbons (Fsp3) is 0.500. The summed E-state index contributed by atoms with van der Waals surface area (Å²) < 4.78 is 38.9. The van der Waals surface area contributed by atoms with Crippen LogP contribution in [0.1, 0.15) is 24.5 Å². The molecule has 3 N–H and O–H groups in total. The zero-order valence-electron chi connectivity index (χ0n) is 11.5. The Hall–Kier alpha value is -1.34. The van der Waals surface area contributed by atoms with Crippen LogP contribution in [-0.4, -0.2) is 29.3 Å². The van der Waals surface area contributed by atoms with Crippen molar-refractivity contribution < 1.29 is 18.3 Å². The lowest BCUT2D eigenvalue weighted by atomic mass is 10.0. The molecule has 1 heterocycles. The van der Waals surface area contributed by atoms with Crippen molar-refractivity contribution in [2.75, 3.05) is 18.1 Å². The third kappa shape index (κ3) is 3.13. The average molecular weight is 318 g/mol. The van der Waals surface area contributed by atoms with E-state index in [0.717, 1.165) is 12.5 Å². The molecule has 0 aromatic heterocycles. The van der Waals surface area contributed by atoms with Crippen molar-refractivity contribution in [1.29, 1.82) is 0 Å². The van der Waals surface area contributed by atoms with E-state index in [1.807, 2.05) is 11.8 Å². The topological polar surface area (TPSA) is 49.5 Å². The summed E-state index contributed by atoms with van der Waals surface area (Å²) in [5, 5.41) is 9.46. The van der Waals surface area contributed by atoms with E-state index < -0.39 is 11.7 Å². The van der Waals surface area contributed by atoms with Crippen LogP contribution < -0.4 is 10.6 Å². The summed E-state index contributed by atoms with van der Waals surface area (Å²) in [6.07, 6.45) is -3.61. The van der Waals surface area contributed by atoms with Crippen LogP contribution in [0.2, 0.25) is 0 Å². The van der Waals surface area contributed by atoms with E-state index >= 15 is 0 Å². The summed E-state index contributed by atoms with van der Waals surface area (Å²) in [5.74, 6) is 0.283. The number of aliphatic hydroxyl groups excluding tert-OH is 1.